The second kappa shape index (κ2) is 3.97. The molecule has 0 saturated heterocycles. The molecule has 4 heteroatoms. The Morgan fingerprint density at radius 3 is 2.00 bits per heavy atom. The van der Waals surface area contributed by atoms with Gasteiger partial charge < -0.3 is 0 Å². The van der Waals surface area contributed by atoms with Gasteiger partial charge in [0.25, 0.3) is 5.92 Å². The molecule has 0 radical (unpaired) electrons. The molecule has 1 aromatic rings. The Kier molecular flexibility index (Phi) is 3.00. The number of nitrogens with zero attached hydrogens (tertiary/aromatic N) is 2. The van der Waals surface area contributed by atoms with Crippen LogP contribution in [0.5, 0.6) is 0 Å². The molecule has 0 spiro atoms. The first kappa shape index (κ1) is 14.4. The zero-order valence-electron chi connectivity index (χ0n) is 12.6. The summed E-state index contributed by atoms with van der Waals surface area (Å²) in [6.07, 6.45) is 0.199. The van der Waals surface area contributed by atoms with Gasteiger partial charge in [-0.2, -0.15) is 0 Å². The Morgan fingerprint density at radius 1 is 0.947 bits per heavy atom. The summed E-state index contributed by atoms with van der Waals surface area (Å²) >= 11 is 0. The molecule has 2 nitrogen and oxygen atoms in total. The molecule has 106 valence electrons. The molecule has 1 aliphatic carbocycles. The van der Waals surface area contributed by atoms with Gasteiger partial charge in [-0.1, -0.05) is 41.5 Å². The van der Waals surface area contributed by atoms with Crippen molar-refractivity contribution in [3.63, 3.8) is 0 Å². The standard InChI is InChI=1S/C15H22F2N2/c1-13(2,3)11-10-9(7-8-15(10,16)17)18-12(19-11)14(4,5)6/h7-8H2,1-6H3. The molecule has 0 unspecified atom stereocenters. The van der Waals surface area contributed by atoms with Gasteiger partial charge in [0.15, 0.2) is 0 Å². The van der Waals surface area contributed by atoms with Crippen LogP contribution in [0.4, 0.5) is 8.78 Å². The Labute approximate surface area is 113 Å². The van der Waals surface area contributed by atoms with Gasteiger partial charge in [-0.3, -0.25) is 0 Å². The molecule has 0 aliphatic heterocycles. The van der Waals surface area contributed by atoms with Crippen molar-refractivity contribution in [3.8, 4) is 0 Å². The fourth-order valence-electron chi connectivity index (χ4n) is 2.35. The molecular weight excluding hydrogens is 246 g/mol. The van der Waals surface area contributed by atoms with E-state index in [4.69, 9.17) is 0 Å². The number of hydrogen-bond donors (Lipinski definition) is 0. The zero-order chi connectivity index (χ0) is 14.6. The Bertz CT molecular complexity index is 508. The van der Waals surface area contributed by atoms with Gasteiger partial charge in [-0.25, -0.2) is 18.7 Å². The van der Waals surface area contributed by atoms with E-state index in [9.17, 15) is 8.78 Å². The number of hydrogen-bond acceptors (Lipinski definition) is 2. The van der Waals surface area contributed by atoms with Crippen LogP contribution in [0.1, 0.15) is 70.7 Å². The molecule has 0 aromatic carbocycles. The van der Waals surface area contributed by atoms with Crippen LogP contribution < -0.4 is 0 Å². The topological polar surface area (TPSA) is 25.8 Å². The van der Waals surface area contributed by atoms with Crippen LogP contribution in [0.15, 0.2) is 0 Å². The van der Waals surface area contributed by atoms with Crippen LogP contribution in [0.2, 0.25) is 0 Å². The van der Waals surface area contributed by atoms with Crippen LogP contribution >= 0.6 is 0 Å². The van der Waals surface area contributed by atoms with E-state index in [0.29, 0.717) is 23.6 Å². The molecule has 0 bridgehead atoms. The minimum absolute atomic E-state index is 0.0769. The molecule has 2 rings (SSSR count). The summed E-state index contributed by atoms with van der Waals surface area (Å²) < 4.78 is 28.2. The van der Waals surface area contributed by atoms with Gasteiger partial charge in [0.2, 0.25) is 0 Å². The summed E-state index contributed by atoms with van der Waals surface area (Å²) in [6.45, 7) is 11.8. The molecule has 19 heavy (non-hydrogen) atoms. The summed E-state index contributed by atoms with van der Waals surface area (Å²) in [5, 5.41) is 0. The normalized spacial score (nSPS) is 18.5. The number of rotatable bonds is 0. The molecule has 0 saturated carbocycles. The molecule has 0 amide bonds. The van der Waals surface area contributed by atoms with Crippen molar-refractivity contribution in [2.75, 3.05) is 0 Å². The number of aryl methyl sites for hydroxylation is 1. The Hall–Kier alpha value is -1.06. The largest absolute Gasteiger partial charge is 0.277 e. The predicted octanol–water partition coefficient (Wildman–Crippen LogP) is 4.11. The molecule has 1 aromatic heterocycles. The van der Waals surface area contributed by atoms with Crippen molar-refractivity contribution >= 4 is 0 Å². The number of alkyl halides is 2. The number of halogens is 2. The number of fused-ring (bicyclic) bond motifs is 1. The van der Waals surface area contributed by atoms with E-state index in [-0.39, 0.29) is 17.4 Å². The SMILES string of the molecule is CC(C)(C)c1nc2c(c(C(C)(C)C)n1)C(F)(F)CC2. The van der Waals surface area contributed by atoms with E-state index < -0.39 is 11.3 Å². The third kappa shape index (κ3) is 2.49. The average molecular weight is 268 g/mol. The second-order valence-electron chi connectivity index (χ2n) is 7.42. The average Bonchev–Trinajstić information content (AvgIpc) is 2.51. The first-order chi connectivity index (χ1) is 8.43. The maximum atomic E-state index is 14.1. The highest BCUT2D eigenvalue weighted by atomic mass is 19.3. The van der Waals surface area contributed by atoms with Gasteiger partial charge in [0.1, 0.15) is 5.82 Å². The predicted molar refractivity (Wildman–Crippen MR) is 71.6 cm³/mol. The number of aromatic nitrogens is 2. The molecule has 0 fully saturated rings. The Balaban J connectivity index is 2.73. The summed E-state index contributed by atoms with van der Waals surface area (Å²) in [5.41, 5.74) is 0.487. The minimum atomic E-state index is -2.78. The molecular formula is C15H22F2N2. The van der Waals surface area contributed by atoms with Crippen molar-refractivity contribution in [1.82, 2.24) is 9.97 Å². The summed E-state index contributed by atoms with van der Waals surface area (Å²) in [6, 6.07) is 0. The van der Waals surface area contributed by atoms with E-state index >= 15 is 0 Å². The highest BCUT2D eigenvalue weighted by Crippen LogP contribution is 2.45. The third-order valence-corrected chi connectivity index (χ3v) is 3.41. The minimum Gasteiger partial charge on any atom is -0.237 e. The fourth-order valence-corrected chi connectivity index (χ4v) is 2.35. The third-order valence-electron chi connectivity index (χ3n) is 3.41. The van der Waals surface area contributed by atoms with Crippen molar-refractivity contribution in [3.05, 3.63) is 22.8 Å². The fraction of sp³-hybridized carbons (Fsp3) is 0.733. The van der Waals surface area contributed by atoms with Gasteiger partial charge in [0.05, 0.1) is 17.0 Å². The highest BCUT2D eigenvalue weighted by molar-refractivity contribution is 5.39. The van der Waals surface area contributed by atoms with E-state index in [1.807, 2.05) is 41.5 Å². The smallest absolute Gasteiger partial charge is 0.237 e. The van der Waals surface area contributed by atoms with Crippen molar-refractivity contribution in [2.24, 2.45) is 0 Å². The lowest BCUT2D eigenvalue weighted by atomic mass is 9.86. The lowest BCUT2D eigenvalue weighted by molar-refractivity contribution is -0.00389. The summed E-state index contributed by atoms with van der Waals surface area (Å²) in [5.74, 6) is -2.12. The van der Waals surface area contributed by atoms with Crippen LogP contribution in [0, 0.1) is 0 Å². The monoisotopic (exact) mass is 268 g/mol. The molecule has 0 N–H and O–H groups in total. The van der Waals surface area contributed by atoms with Crippen molar-refractivity contribution in [1.29, 1.82) is 0 Å². The quantitative estimate of drug-likeness (QED) is 0.707. The molecule has 0 atom stereocenters. The lowest BCUT2D eigenvalue weighted by Crippen LogP contribution is -2.27. The van der Waals surface area contributed by atoms with Crippen LogP contribution in [-0.2, 0) is 23.2 Å². The van der Waals surface area contributed by atoms with Crippen molar-refractivity contribution in [2.45, 2.75) is 71.1 Å². The summed E-state index contributed by atoms with van der Waals surface area (Å²) in [4.78, 5) is 8.89. The van der Waals surface area contributed by atoms with E-state index in [0.717, 1.165) is 0 Å². The summed E-state index contributed by atoms with van der Waals surface area (Å²) in [7, 11) is 0. The van der Waals surface area contributed by atoms with E-state index in [2.05, 4.69) is 9.97 Å². The van der Waals surface area contributed by atoms with Gasteiger partial charge in [-0.15, -0.1) is 0 Å². The van der Waals surface area contributed by atoms with Gasteiger partial charge in [0, 0.05) is 17.3 Å². The van der Waals surface area contributed by atoms with Crippen molar-refractivity contribution < 1.29 is 8.78 Å². The first-order valence-corrected chi connectivity index (χ1v) is 6.73. The molecule has 1 heterocycles. The van der Waals surface area contributed by atoms with Crippen LogP contribution in [0.3, 0.4) is 0 Å². The van der Waals surface area contributed by atoms with E-state index in [1.165, 1.54) is 0 Å². The lowest BCUT2D eigenvalue weighted by Gasteiger charge is -2.27. The zero-order valence-corrected chi connectivity index (χ0v) is 12.6. The molecule has 1 aliphatic rings. The highest BCUT2D eigenvalue weighted by Gasteiger charge is 2.45. The maximum absolute atomic E-state index is 14.1. The van der Waals surface area contributed by atoms with Crippen LogP contribution in [0.25, 0.3) is 0 Å². The Morgan fingerprint density at radius 2 is 1.53 bits per heavy atom. The van der Waals surface area contributed by atoms with Gasteiger partial charge in [-0.05, 0) is 6.42 Å². The first-order valence-electron chi connectivity index (χ1n) is 6.73. The maximum Gasteiger partial charge on any atom is 0.277 e. The van der Waals surface area contributed by atoms with Crippen LogP contribution in [-0.4, -0.2) is 9.97 Å². The van der Waals surface area contributed by atoms with Gasteiger partial charge >= 0.3 is 0 Å². The van der Waals surface area contributed by atoms with E-state index in [1.54, 1.807) is 0 Å². The second-order valence-corrected chi connectivity index (χ2v) is 7.42.